The van der Waals surface area contributed by atoms with Gasteiger partial charge < -0.3 is 10.6 Å². The molecule has 1 heterocycles. The molecule has 1 aromatic heterocycles. The van der Waals surface area contributed by atoms with Crippen molar-refractivity contribution in [3.05, 3.63) is 17.8 Å². The van der Waals surface area contributed by atoms with Crippen molar-refractivity contribution in [1.29, 1.82) is 0 Å². The van der Waals surface area contributed by atoms with Crippen molar-refractivity contribution >= 4 is 11.7 Å². The molecule has 0 aromatic carbocycles. The van der Waals surface area contributed by atoms with Crippen LogP contribution in [0.25, 0.3) is 0 Å². The van der Waals surface area contributed by atoms with E-state index in [2.05, 4.69) is 48.5 Å². The second-order valence-electron chi connectivity index (χ2n) is 6.26. The van der Waals surface area contributed by atoms with Crippen LogP contribution in [0.5, 0.6) is 0 Å². The van der Waals surface area contributed by atoms with Gasteiger partial charge in [0.2, 0.25) is 0 Å². The summed E-state index contributed by atoms with van der Waals surface area (Å²) in [6, 6.07) is 3.42. The van der Waals surface area contributed by atoms with Crippen molar-refractivity contribution in [2.45, 2.75) is 27.7 Å². The Balaban J connectivity index is 1.92. The molecule has 2 rings (SSSR count). The first kappa shape index (κ1) is 13.8. The molecule has 19 heavy (non-hydrogen) atoms. The van der Waals surface area contributed by atoms with Crippen molar-refractivity contribution in [3.63, 3.8) is 0 Å². The summed E-state index contributed by atoms with van der Waals surface area (Å²) in [5, 5.41) is 13.6. The summed E-state index contributed by atoms with van der Waals surface area (Å²) in [6.07, 6.45) is 0. The van der Waals surface area contributed by atoms with Crippen LogP contribution in [0.2, 0.25) is 0 Å². The molecule has 1 aliphatic rings. The minimum absolute atomic E-state index is 0.159. The first-order valence-electron chi connectivity index (χ1n) is 6.60. The van der Waals surface area contributed by atoms with Gasteiger partial charge in [0.1, 0.15) is 5.82 Å². The number of nitrogens with zero attached hydrogens (tertiary/aromatic N) is 2. The van der Waals surface area contributed by atoms with Crippen LogP contribution >= 0.6 is 0 Å². The van der Waals surface area contributed by atoms with E-state index in [0.717, 1.165) is 0 Å². The van der Waals surface area contributed by atoms with Gasteiger partial charge in [-0.1, -0.05) is 27.7 Å². The fourth-order valence-corrected chi connectivity index (χ4v) is 2.72. The molecule has 0 spiro atoms. The maximum absolute atomic E-state index is 12.0. The molecule has 1 amide bonds. The standard InChI is InChI=1S/C14H22N4O/c1-13(2)10(14(13,3)4)8-16-12(19)9-6-7-11(15-5)18-17-9/h6-7,10H,8H2,1-5H3,(H,15,18)(H,16,19). The van der Waals surface area contributed by atoms with Crippen LogP contribution < -0.4 is 10.6 Å². The summed E-state index contributed by atoms with van der Waals surface area (Å²) in [7, 11) is 1.76. The average Bonchev–Trinajstić information content (AvgIpc) is 2.77. The Kier molecular flexibility index (Phi) is 3.24. The highest BCUT2D eigenvalue weighted by Gasteiger charge is 2.64. The maximum atomic E-state index is 12.0. The molecule has 104 valence electrons. The van der Waals surface area contributed by atoms with E-state index in [9.17, 15) is 4.79 Å². The van der Waals surface area contributed by atoms with E-state index in [1.807, 2.05) is 0 Å². The van der Waals surface area contributed by atoms with Gasteiger partial charge in [-0.2, -0.15) is 0 Å². The first-order valence-corrected chi connectivity index (χ1v) is 6.60. The van der Waals surface area contributed by atoms with Gasteiger partial charge in [-0.15, -0.1) is 10.2 Å². The van der Waals surface area contributed by atoms with Gasteiger partial charge in [0, 0.05) is 13.6 Å². The van der Waals surface area contributed by atoms with E-state index in [4.69, 9.17) is 0 Å². The lowest BCUT2D eigenvalue weighted by atomic mass is 10.0. The van der Waals surface area contributed by atoms with E-state index in [1.54, 1.807) is 19.2 Å². The number of carbonyl (C=O) groups excluding carboxylic acids is 1. The van der Waals surface area contributed by atoms with Gasteiger partial charge in [0.15, 0.2) is 5.69 Å². The number of rotatable bonds is 4. The molecule has 1 fully saturated rings. The molecular weight excluding hydrogens is 240 g/mol. The van der Waals surface area contributed by atoms with Crippen molar-refractivity contribution in [2.75, 3.05) is 18.9 Å². The molecule has 1 aromatic rings. The third-order valence-corrected chi connectivity index (χ3v) is 4.94. The SMILES string of the molecule is CNc1ccc(C(=O)NCC2C(C)(C)C2(C)C)nn1. The molecule has 5 nitrogen and oxygen atoms in total. The second kappa shape index (κ2) is 4.47. The molecule has 0 radical (unpaired) electrons. The summed E-state index contributed by atoms with van der Waals surface area (Å²) in [5.74, 6) is 1.00. The first-order chi connectivity index (χ1) is 8.80. The molecule has 2 N–H and O–H groups in total. The largest absolute Gasteiger partial charge is 0.372 e. The molecule has 1 saturated carbocycles. The topological polar surface area (TPSA) is 66.9 Å². The molecule has 0 saturated heterocycles. The average molecular weight is 262 g/mol. The number of nitrogens with one attached hydrogen (secondary N) is 2. The number of aromatic nitrogens is 2. The molecule has 0 aliphatic heterocycles. The Morgan fingerprint density at radius 2 is 1.84 bits per heavy atom. The number of amides is 1. The summed E-state index contributed by atoms with van der Waals surface area (Å²) in [6.45, 7) is 9.65. The smallest absolute Gasteiger partial charge is 0.271 e. The van der Waals surface area contributed by atoms with E-state index < -0.39 is 0 Å². The quantitative estimate of drug-likeness (QED) is 0.870. The molecule has 0 bridgehead atoms. The lowest BCUT2D eigenvalue weighted by molar-refractivity contribution is 0.0944. The zero-order valence-corrected chi connectivity index (χ0v) is 12.2. The van der Waals surface area contributed by atoms with Gasteiger partial charge in [0.05, 0.1) is 0 Å². The fraction of sp³-hybridized carbons (Fsp3) is 0.643. The van der Waals surface area contributed by atoms with Gasteiger partial charge >= 0.3 is 0 Å². The highest BCUT2D eigenvalue weighted by molar-refractivity contribution is 5.92. The van der Waals surface area contributed by atoms with Gasteiger partial charge in [0.25, 0.3) is 5.91 Å². The third kappa shape index (κ3) is 2.29. The van der Waals surface area contributed by atoms with Crippen LogP contribution in [0.15, 0.2) is 12.1 Å². The summed E-state index contributed by atoms with van der Waals surface area (Å²) in [5.41, 5.74) is 0.916. The Hall–Kier alpha value is -1.65. The minimum Gasteiger partial charge on any atom is -0.372 e. The van der Waals surface area contributed by atoms with Gasteiger partial charge in [-0.25, -0.2) is 0 Å². The summed E-state index contributed by atoms with van der Waals surface area (Å²) in [4.78, 5) is 12.0. The van der Waals surface area contributed by atoms with E-state index in [0.29, 0.717) is 24.0 Å². The van der Waals surface area contributed by atoms with Crippen LogP contribution in [0, 0.1) is 16.7 Å². The third-order valence-electron chi connectivity index (χ3n) is 4.94. The predicted octanol–water partition coefficient (Wildman–Crippen LogP) is 1.93. The number of carbonyl (C=O) groups is 1. The predicted molar refractivity (Wildman–Crippen MR) is 75.0 cm³/mol. The van der Waals surface area contributed by atoms with Crippen LogP contribution in [0.4, 0.5) is 5.82 Å². The minimum atomic E-state index is -0.159. The zero-order valence-electron chi connectivity index (χ0n) is 12.2. The Bertz CT molecular complexity index is 465. The molecule has 1 aliphatic carbocycles. The second-order valence-corrected chi connectivity index (χ2v) is 6.26. The fourth-order valence-electron chi connectivity index (χ4n) is 2.72. The van der Waals surface area contributed by atoms with E-state index in [-0.39, 0.29) is 16.7 Å². The Labute approximate surface area is 114 Å². The van der Waals surface area contributed by atoms with E-state index in [1.165, 1.54) is 0 Å². The monoisotopic (exact) mass is 262 g/mol. The Morgan fingerprint density at radius 1 is 1.21 bits per heavy atom. The molecule has 0 unspecified atom stereocenters. The van der Waals surface area contributed by atoms with Crippen LogP contribution in [0.3, 0.4) is 0 Å². The van der Waals surface area contributed by atoms with Crippen LogP contribution in [-0.2, 0) is 0 Å². The molecular formula is C14H22N4O. The van der Waals surface area contributed by atoms with Crippen molar-refractivity contribution in [1.82, 2.24) is 15.5 Å². The van der Waals surface area contributed by atoms with E-state index >= 15 is 0 Å². The Morgan fingerprint density at radius 3 is 2.26 bits per heavy atom. The lowest BCUT2D eigenvalue weighted by Crippen LogP contribution is -2.28. The summed E-state index contributed by atoms with van der Waals surface area (Å²) < 4.78 is 0. The number of hydrogen-bond acceptors (Lipinski definition) is 4. The molecule has 0 atom stereocenters. The van der Waals surface area contributed by atoms with Crippen LogP contribution in [0.1, 0.15) is 38.2 Å². The number of anilines is 1. The number of hydrogen-bond donors (Lipinski definition) is 2. The normalized spacial score (nSPS) is 19.8. The summed E-state index contributed by atoms with van der Waals surface area (Å²) >= 11 is 0. The maximum Gasteiger partial charge on any atom is 0.271 e. The highest BCUT2D eigenvalue weighted by Crippen LogP contribution is 2.67. The lowest BCUT2D eigenvalue weighted by Gasteiger charge is -2.06. The highest BCUT2D eigenvalue weighted by atomic mass is 16.1. The van der Waals surface area contributed by atoms with Crippen molar-refractivity contribution in [3.8, 4) is 0 Å². The van der Waals surface area contributed by atoms with Gasteiger partial charge in [-0.3, -0.25) is 4.79 Å². The van der Waals surface area contributed by atoms with Gasteiger partial charge in [-0.05, 0) is 28.9 Å². The zero-order chi connectivity index (χ0) is 14.3. The van der Waals surface area contributed by atoms with Crippen molar-refractivity contribution < 1.29 is 4.79 Å². The molecule has 5 heteroatoms. The van der Waals surface area contributed by atoms with Crippen LogP contribution in [-0.4, -0.2) is 29.7 Å². The van der Waals surface area contributed by atoms with Crippen molar-refractivity contribution in [2.24, 2.45) is 16.7 Å².